The summed E-state index contributed by atoms with van der Waals surface area (Å²) in [6, 6.07) is 1.66. The highest BCUT2D eigenvalue weighted by molar-refractivity contribution is 5.94. The SMILES string of the molecule is CC1CCN=C(C(F)(F)F)[C@@H]1C#N. The van der Waals surface area contributed by atoms with Gasteiger partial charge in [0, 0.05) is 6.54 Å². The van der Waals surface area contributed by atoms with Gasteiger partial charge in [-0.2, -0.15) is 18.4 Å². The third kappa shape index (κ3) is 2.00. The van der Waals surface area contributed by atoms with E-state index in [-0.39, 0.29) is 12.5 Å². The molecule has 5 heteroatoms. The second-order valence-electron chi connectivity index (χ2n) is 3.14. The van der Waals surface area contributed by atoms with Gasteiger partial charge >= 0.3 is 6.18 Å². The predicted molar refractivity (Wildman–Crippen MR) is 41.2 cm³/mol. The number of rotatable bonds is 0. The van der Waals surface area contributed by atoms with Crippen molar-refractivity contribution in [2.24, 2.45) is 16.8 Å². The summed E-state index contributed by atoms with van der Waals surface area (Å²) in [5, 5.41) is 8.56. The molecule has 0 aromatic carbocycles. The van der Waals surface area contributed by atoms with E-state index in [2.05, 4.69) is 4.99 Å². The fourth-order valence-electron chi connectivity index (χ4n) is 1.38. The molecule has 1 aliphatic rings. The monoisotopic (exact) mass is 190 g/mol. The molecule has 1 unspecified atom stereocenters. The van der Waals surface area contributed by atoms with Crippen LogP contribution in [0.2, 0.25) is 0 Å². The number of alkyl halides is 3. The van der Waals surface area contributed by atoms with Crippen molar-refractivity contribution in [2.45, 2.75) is 19.5 Å². The fourth-order valence-corrected chi connectivity index (χ4v) is 1.38. The summed E-state index contributed by atoms with van der Waals surface area (Å²) in [5.41, 5.74) is -0.909. The number of hydrogen-bond donors (Lipinski definition) is 0. The molecule has 0 radical (unpaired) electrons. The van der Waals surface area contributed by atoms with Crippen molar-refractivity contribution in [3.05, 3.63) is 0 Å². The molecule has 0 aliphatic carbocycles. The zero-order chi connectivity index (χ0) is 10.1. The first-order chi connectivity index (χ1) is 5.96. The van der Waals surface area contributed by atoms with Crippen LogP contribution in [0.1, 0.15) is 13.3 Å². The molecule has 0 saturated carbocycles. The molecule has 1 aliphatic heterocycles. The van der Waals surface area contributed by atoms with Gasteiger partial charge in [-0.15, -0.1) is 0 Å². The first-order valence-electron chi connectivity index (χ1n) is 3.98. The second kappa shape index (κ2) is 3.36. The first-order valence-corrected chi connectivity index (χ1v) is 3.98. The highest BCUT2D eigenvalue weighted by Gasteiger charge is 2.44. The van der Waals surface area contributed by atoms with E-state index in [1.807, 2.05) is 0 Å². The van der Waals surface area contributed by atoms with Crippen LogP contribution >= 0.6 is 0 Å². The van der Waals surface area contributed by atoms with E-state index in [9.17, 15) is 13.2 Å². The van der Waals surface area contributed by atoms with Crippen LogP contribution < -0.4 is 0 Å². The summed E-state index contributed by atoms with van der Waals surface area (Å²) < 4.78 is 36.8. The third-order valence-electron chi connectivity index (χ3n) is 2.16. The number of hydrogen-bond acceptors (Lipinski definition) is 2. The Hall–Kier alpha value is -1.05. The molecule has 0 aromatic heterocycles. The van der Waals surface area contributed by atoms with Crippen LogP contribution in [0.3, 0.4) is 0 Å². The van der Waals surface area contributed by atoms with Gasteiger partial charge in [0.2, 0.25) is 0 Å². The van der Waals surface area contributed by atoms with Crippen molar-refractivity contribution in [3.8, 4) is 6.07 Å². The Labute approximate surface area is 74.1 Å². The van der Waals surface area contributed by atoms with Crippen molar-refractivity contribution in [1.29, 1.82) is 5.26 Å². The van der Waals surface area contributed by atoms with Gasteiger partial charge in [0.15, 0.2) is 0 Å². The van der Waals surface area contributed by atoms with E-state index in [4.69, 9.17) is 5.26 Å². The van der Waals surface area contributed by atoms with Crippen LogP contribution in [0.15, 0.2) is 4.99 Å². The van der Waals surface area contributed by atoms with Gasteiger partial charge in [-0.25, -0.2) is 0 Å². The van der Waals surface area contributed by atoms with Crippen LogP contribution in [-0.4, -0.2) is 18.4 Å². The van der Waals surface area contributed by atoms with Crippen molar-refractivity contribution in [3.63, 3.8) is 0 Å². The maximum absolute atomic E-state index is 12.3. The molecular weight excluding hydrogens is 181 g/mol. The summed E-state index contributed by atoms with van der Waals surface area (Å²) in [7, 11) is 0. The Balaban J connectivity index is 2.95. The van der Waals surface area contributed by atoms with E-state index >= 15 is 0 Å². The lowest BCUT2D eigenvalue weighted by molar-refractivity contribution is -0.0638. The summed E-state index contributed by atoms with van der Waals surface area (Å²) >= 11 is 0. The zero-order valence-corrected chi connectivity index (χ0v) is 7.10. The smallest absolute Gasteiger partial charge is 0.283 e. The lowest BCUT2D eigenvalue weighted by atomic mass is 9.86. The maximum atomic E-state index is 12.3. The summed E-state index contributed by atoms with van der Waals surface area (Å²) in [6.07, 6.45) is -3.90. The molecule has 0 spiro atoms. The molecule has 0 amide bonds. The standard InChI is InChI=1S/C8H9F3N2/c1-5-2-3-13-7(6(5)4-12)8(9,10)11/h5-6H,2-3H2,1H3/t5?,6-/m1/s1. The highest BCUT2D eigenvalue weighted by atomic mass is 19.4. The van der Waals surface area contributed by atoms with E-state index in [1.165, 1.54) is 0 Å². The number of nitrogens with zero attached hydrogens (tertiary/aromatic N) is 2. The van der Waals surface area contributed by atoms with Gasteiger partial charge in [-0.3, -0.25) is 4.99 Å². The molecule has 0 fully saturated rings. The fraction of sp³-hybridized carbons (Fsp3) is 0.750. The number of aliphatic imine (C=N–C) groups is 1. The minimum absolute atomic E-state index is 0.175. The maximum Gasteiger partial charge on any atom is 0.430 e. The van der Waals surface area contributed by atoms with Crippen LogP contribution in [0, 0.1) is 23.2 Å². The van der Waals surface area contributed by atoms with Gasteiger partial charge in [0.1, 0.15) is 5.71 Å². The normalized spacial score (nSPS) is 29.3. The largest absolute Gasteiger partial charge is 0.430 e. The number of nitriles is 1. The quantitative estimate of drug-likeness (QED) is 0.576. The van der Waals surface area contributed by atoms with E-state index in [0.29, 0.717) is 6.42 Å². The van der Waals surface area contributed by atoms with Crippen molar-refractivity contribution >= 4 is 5.71 Å². The Kier molecular flexibility index (Phi) is 2.60. The molecule has 2 nitrogen and oxygen atoms in total. The topological polar surface area (TPSA) is 36.1 Å². The minimum Gasteiger partial charge on any atom is -0.283 e. The molecule has 1 rings (SSSR count). The molecule has 0 bridgehead atoms. The predicted octanol–water partition coefficient (Wildman–Crippen LogP) is 2.17. The highest BCUT2D eigenvalue weighted by Crippen LogP contribution is 2.30. The number of halogens is 3. The lowest BCUT2D eigenvalue weighted by Gasteiger charge is -2.24. The van der Waals surface area contributed by atoms with Gasteiger partial charge in [-0.05, 0) is 12.3 Å². The van der Waals surface area contributed by atoms with Crippen LogP contribution in [0.4, 0.5) is 13.2 Å². The molecule has 72 valence electrons. The van der Waals surface area contributed by atoms with Gasteiger partial charge in [0.25, 0.3) is 0 Å². The lowest BCUT2D eigenvalue weighted by Crippen LogP contribution is -2.36. The van der Waals surface area contributed by atoms with E-state index in [1.54, 1.807) is 13.0 Å². The van der Waals surface area contributed by atoms with Crippen LogP contribution in [0.5, 0.6) is 0 Å². The molecule has 0 aromatic rings. The van der Waals surface area contributed by atoms with Crippen molar-refractivity contribution in [2.75, 3.05) is 6.54 Å². The Morgan fingerprint density at radius 3 is 2.54 bits per heavy atom. The molecular formula is C8H9F3N2. The van der Waals surface area contributed by atoms with E-state index in [0.717, 1.165) is 0 Å². The van der Waals surface area contributed by atoms with Crippen molar-refractivity contribution < 1.29 is 13.2 Å². The Morgan fingerprint density at radius 1 is 1.54 bits per heavy atom. The van der Waals surface area contributed by atoms with Crippen LogP contribution in [-0.2, 0) is 0 Å². The van der Waals surface area contributed by atoms with E-state index < -0.39 is 17.8 Å². The second-order valence-corrected chi connectivity index (χ2v) is 3.14. The Bertz CT molecular complexity index is 262. The average Bonchev–Trinajstić information content (AvgIpc) is 2.02. The first kappa shape index (κ1) is 10.0. The summed E-state index contributed by atoms with van der Waals surface area (Å²) in [4.78, 5) is 3.37. The van der Waals surface area contributed by atoms with Gasteiger partial charge in [0.05, 0.1) is 12.0 Å². The zero-order valence-electron chi connectivity index (χ0n) is 7.10. The van der Waals surface area contributed by atoms with Crippen LogP contribution in [0.25, 0.3) is 0 Å². The Morgan fingerprint density at radius 2 is 2.15 bits per heavy atom. The van der Waals surface area contributed by atoms with Crippen molar-refractivity contribution in [1.82, 2.24) is 0 Å². The minimum atomic E-state index is -4.45. The molecule has 1 heterocycles. The molecule has 2 atom stereocenters. The third-order valence-corrected chi connectivity index (χ3v) is 2.16. The molecule has 0 N–H and O–H groups in total. The molecule has 0 saturated heterocycles. The average molecular weight is 190 g/mol. The summed E-state index contributed by atoms with van der Waals surface area (Å²) in [6.45, 7) is 1.82. The molecule has 13 heavy (non-hydrogen) atoms. The van der Waals surface area contributed by atoms with Gasteiger partial charge < -0.3 is 0 Å². The summed E-state index contributed by atoms with van der Waals surface area (Å²) in [5.74, 6) is -1.34. The van der Waals surface area contributed by atoms with Gasteiger partial charge in [-0.1, -0.05) is 6.92 Å².